The molecule has 32 heavy (non-hydrogen) atoms. The van der Waals surface area contributed by atoms with Crippen molar-refractivity contribution in [2.75, 3.05) is 32.6 Å². The molecule has 1 N–H and O–H groups in total. The molecule has 0 saturated heterocycles. The topological polar surface area (TPSA) is 107 Å². The summed E-state index contributed by atoms with van der Waals surface area (Å²) < 4.78 is 43.2. The fourth-order valence-electron chi connectivity index (χ4n) is 3.29. The molecule has 9 nitrogen and oxygen atoms in total. The van der Waals surface area contributed by atoms with Gasteiger partial charge < -0.3 is 19.3 Å². The van der Waals surface area contributed by atoms with Gasteiger partial charge in [-0.15, -0.1) is 0 Å². The molecule has 0 fully saturated rings. The van der Waals surface area contributed by atoms with E-state index in [0.717, 1.165) is 5.56 Å². The second-order valence-corrected chi connectivity index (χ2v) is 8.91. The van der Waals surface area contributed by atoms with Crippen molar-refractivity contribution in [3.63, 3.8) is 0 Å². The lowest BCUT2D eigenvalue weighted by atomic mass is 10.2. The predicted molar refractivity (Wildman–Crippen MR) is 121 cm³/mol. The number of methoxy groups -OCH3 is 2. The Morgan fingerprint density at radius 1 is 1.03 bits per heavy atom. The van der Waals surface area contributed by atoms with E-state index in [1.54, 1.807) is 45.4 Å². The minimum Gasteiger partial charge on any atom is -0.493 e. The van der Waals surface area contributed by atoms with E-state index in [1.165, 1.54) is 4.31 Å². The van der Waals surface area contributed by atoms with E-state index in [-0.39, 0.29) is 11.4 Å². The molecule has 2 aromatic carbocycles. The first kappa shape index (κ1) is 23.6. The maximum Gasteiger partial charge on any atom is 0.246 e. The van der Waals surface area contributed by atoms with Crippen LogP contribution in [-0.4, -0.2) is 50.2 Å². The first-order valence-electron chi connectivity index (χ1n) is 10.2. The Kier molecular flexibility index (Phi) is 7.37. The van der Waals surface area contributed by atoms with Crippen molar-refractivity contribution < 1.29 is 22.4 Å². The SMILES string of the molecule is CCN(CC)S(=O)(=O)c1cc(NCc2nc(-c3ccc(OC)c(OC)c3)no2)ccc1C. The molecule has 0 unspecified atom stereocenters. The first-order valence-corrected chi connectivity index (χ1v) is 11.7. The average molecular weight is 461 g/mol. The quantitative estimate of drug-likeness (QED) is 0.488. The van der Waals surface area contributed by atoms with E-state index in [2.05, 4.69) is 15.5 Å². The van der Waals surface area contributed by atoms with Crippen molar-refractivity contribution in [3.05, 3.63) is 47.9 Å². The molecule has 0 amide bonds. The number of anilines is 1. The van der Waals surface area contributed by atoms with Crippen LogP contribution in [0.25, 0.3) is 11.4 Å². The molecular formula is C22H28N4O5S. The number of hydrogen-bond acceptors (Lipinski definition) is 8. The lowest BCUT2D eigenvalue weighted by Gasteiger charge is -2.20. The van der Waals surface area contributed by atoms with E-state index in [1.807, 2.05) is 26.0 Å². The van der Waals surface area contributed by atoms with Crippen LogP contribution in [0, 0.1) is 6.92 Å². The first-order chi connectivity index (χ1) is 15.3. The van der Waals surface area contributed by atoms with Crippen LogP contribution in [-0.2, 0) is 16.6 Å². The average Bonchev–Trinajstić information content (AvgIpc) is 3.27. The highest BCUT2D eigenvalue weighted by molar-refractivity contribution is 7.89. The predicted octanol–water partition coefficient (Wildman–Crippen LogP) is 3.70. The Labute approximate surface area is 188 Å². The molecule has 1 heterocycles. The Balaban J connectivity index is 1.77. The van der Waals surface area contributed by atoms with Crippen LogP contribution in [0.15, 0.2) is 45.8 Å². The van der Waals surface area contributed by atoms with Crippen LogP contribution in [0.5, 0.6) is 11.5 Å². The molecule has 0 radical (unpaired) electrons. The van der Waals surface area contributed by atoms with Gasteiger partial charge in [0.25, 0.3) is 0 Å². The summed E-state index contributed by atoms with van der Waals surface area (Å²) in [5.74, 6) is 1.95. The Bertz CT molecular complexity index is 1170. The number of aromatic nitrogens is 2. The third-order valence-corrected chi connectivity index (χ3v) is 7.26. The van der Waals surface area contributed by atoms with Gasteiger partial charge in [-0.1, -0.05) is 25.1 Å². The molecule has 0 spiro atoms. The number of nitrogens with one attached hydrogen (secondary N) is 1. The molecule has 0 aliphatic rings. The summed E-state index contributed by atoms with van der Waals surface area (Å²) in [4.78, 5) is 4.69. The molecule has 0 saturated carbocycles. The van der Waals surface area contributed by atoms with Gasteiger partial charge in [-0.3, -0.25) is 0 Å². The van der Waals surface area contributed by atoms with Crippen LogP contribution >= 0.6 is 0 Å². The summed E-state index contributed by atoms with van der Waals surface area (Å²) in [5.41, 5.74) is 2.06. The van der Waals surface area contributed by atoms with Gasteiger partial charge in [0.15, 0.2) is 11.5 Å². The normalized spacial score (nSPS) is 11.6. The van der Waals surface area contributed by atoms with Gasteiger partial charge in [0.2, 0.25) is 21.7 Å². The van der Waals surface area contributed by atoms with E-state index in [9.17, 15) is 8.42 Å². The Hall–Kier alpha value is -3.11. The number of benzene rings is 2. The highest BCUT2D eigenvalue weighted by Crippen LogP contribution is 2.31. The number of rotatable bonds is 10. The van der Waals surface area contributed by atoms with Gasteiger partial charge in [0.05, 0.1) is 25.7 Å². The number of nitrogens with zero attached hydrogens (tertiary/aromatic N) is 3. The standard InChI is InChI=1S/C22H28N4O5S/c1-6-26(7-2)32(27,28)20-13-17(10-8-15(20)3)23-14-21-24-22(25-31-21)16-9-11-18(29-4)19(12-16)30-5/h8-13,23H,6-7,14H2,1-5H3. The fraction of sp³-hybridized carbons (Fsp3) is 0.364. The van der Waals surface area contributed by atoms with E-state index in [0.29, 0.717) is 47.6 Å². The molecular weight excluding hydrogens is 432 g/mol. The van der Waals surface area contributed by atoms with Gasteiger partial charge in [0.1, 0.15) is 0 Å². The summed E-state index contributed by atoms with van der Waals surface area (Å²) in [5, 5.41) is 7.18. The number of sulfonamides is 1. The zero-order chi connectivity index (χ0) is 23.3. The van der Waals surface area contributed by atoms with Gasteiger partial charge in [-0.05, 0) is 42.8 Å². The smallest absolute Gasteiger partial charge is 0.246 e. The third-order valence-electron chi connectivity index (χ3n) is 5.06. The molecule has 0 bridgehead atoms. The number of aryl methyl sites for hydroxylation is 1. The molecule has 3 rings (SSSR count). The largest absolute Gasteiger partial charge is 0.493 e. The van der Waals surface area contributed by atoms with E-state index < -0.39 is 10.0 Å². The molecule has 0 atom stereocenters. The maximum absolute atomic E-state index is 12.9. The van der Waals surface area contributed by atoms with Crippen molar-refractivity contribution >= 4 is 15.7 Å². The lowest BCUT2D eigenvalue weighted by Crippen LogP contribution is -2.31. The minimum absolute atomic E-state index is 0.244. The summed E-state index contributed by atoms with van der Waals surface area (Å²) >= 11 is 0. The summed E-state index contributed by atoms with van der Waals surface area (Å²) in [7, 11) is -0.434. The molecule has 3 aromatic rings. The van der Waals surface area contributed by atoms with Crippen molar-refractivity contribution in [2.24, 2.45) is 0 Å². The molecule has 172 valence electrons. The molecule has 10 heteroatoms. The fourth-order valence-corrected chi connectivity index (χ4v) is 5.00. The third kappa shape index (κ3) is 4.86. The van der Waals surface area contributed by atoms with E-state index >= 15 is 0 Å². The maximum atomic E-state index is 12.9. The summed E-state index contributed by atoms with van der Waals surface area (Å²) in [6, 6.07) is 10.6. The lowest BCUT2D eigenvalue weighted by molar-refractivity contribution is 0.355. The van der Waals surface area contributed by atoms with Crippen LogP contribution in [0.2, 0.25) is 0 Å². The molecule has 1 aromatic heterocycles. The highest BCUT2D eigenvalue weighted by Gasteiger charge is 2.24. The Morgan fingerprint density at radius 2 is 1.75 bits per heavy atom. The van der Waals surface area contributed by atoms with Crippen molar-refractivity contribution in [1.82, 2.24) is 14.4 Å². The van der Waals surface area contributed by atoms with Crippen molar-refractivity contribution in [3.8, 4) is 22.9 Å². The summed E-state index contributed by atoms with van der Waals surface area (Å²) in [6.45, 7) is 6.50. The van der Waals surface area contributed by atoms with Gasteiger partial charge >= 0.3 is 0 Å². The number of ether oxygens (including phenoxy) is 2. The summed E-state index contributed by atoms with van der Waals surface area (Å²) in [6.07, 6.45) is 0. The van der Waals surface area contributed by atoms with Crippen LogP contribution in [0.4, 0.5) is 5.69 Å². The zero-order valence-electron chi connectivity index (χ0n) is 18.9. The van der Waals surface area contributed by atoms with Crippen LogP contribution in [0.3, 0.4) is 0 Å². The van der Waals surface area contributed by atoms with Gasteiger partial charge in [-0.25, -0.2) is 8.42 Å². The zero-order valence-corrected chi connectivity index (χ0v) is 19.7. The second-order valence-electron chi connectivity index (χ2n) is 7.00. The molecule has 0 aliphatic heterocycles. The Morgan fingerprint density at radius 3 is 2.41 bits per heavy atom. The minimum atomic E-state index is -3.56. The van der Waals surface area contributed by atoms with Crippen LogP contribution < -0.4 is 14.8 Å². The van der Waals surface area contributed by atoms with Crippen molar-refractivity contribution in [2.45, 2.75) is 32.2 Å². The van der Waals surface area contributed by atoms with Gasteiger partial charge in [-0.2, -0.15) is 9.29 Å². The van der Waals surface area contributed by atoms with Gasteiger partial charge in [0, 0.05) is 24.3 Å². The van der Waals surface area contributed by atoms with Crippen LogP contribution in [0.1, 0.15) is 25.3 Å². The second kappa shape index (κ2) is 10.0. The molecule has 0 aliphatic carbocycles. The highest BCUT2D eigenvalue weighted by atomic mass is 32.2. The van der Waals surface area contributed by atoms with E-state index in [4.69, 9.17) is 14.0 Å². The monoisotopic (exact) mass is 460 g/mol. The number of hydrogen-bond donors (Lipinski definition) is 1. The van der Waals surface area contributed by atoms with Crippen molar-refractivity contribution in [1.29, 1.82) is 0 Å².